The van der Waals surface area contributed by atoms with Gasteiger partial charge < -0.3 is 10.4 Å². The zero-order valence-corrected chi connectivity index (χ0v) is 15.7. The van der Waals surface area contributed by atoms with Gasteiger partial charge in [0.25, 0.3) is 5.91 Å². The smallest absolute Gasteiger partial charge is 0.352 e. The van der Waals surface area contributed by atoms with E-state index in [0.29, 0.717) is 23.4 Å². The number of carbonyl (C=O) groups is 2. The molecular formula is C22H21N3O3. The summed E-state index contributed by atoms with van der Waals surface area (Å²) in [7, 11) is 0. The van der Waals surface area contributed by atoms with Crippen molar-refractivity contribution in [2.24, 2.45) is 0 Å². The summed E-state index contributed by atoms with van der Waals surface area (Å²) in [5.41, 5.74) is 3.50. The zero-order chi connectivity index (χ0) is 20.1. The molecular weight excluding hydrogens is 354 g/mol. The lowest BCUT2D eigenvalue weighted by atomic mass is 10.1. The van der Waals surface area contributed by atoms with E-state index in [9.17, 15) is 14.7 Å². The van der Waals surface area contributed by atoms with Crippen LogP contribution in [0, 0.1) is 13.8 Å². The monoisotopic (exact) mass is 375 g/mol. The third-order valence-corrected chi connectivity index (χ3v) is 4.42. The number of amides is 1. The Morgan fingerprint density at radius 3 is 2.25 bits per heavy atom. The van der Waals surface area contributed by atoms with Gasteiger partial charge in [-0.25, -0.2) is 4.79 Å². The first-order valence-electron chi connectivity index (χ1n) is 8.85. The van der Waals surface area contributed by atoms with E-state index >= 15 is 0 Å². The van der Waals surface area contributed by atoms with Crippen molar-refractivity contribution in [3.8, 4) is 0 Å². The topological polar surface area (TPSA) is 84.2 Å². The minimum atomic E-state index is -1.21. The second kappa shape index (κ2) is 8.35. The highest BCUT2D eigenvalue weighted by molar-refractivity contribution is 6.02. The van der Waals surface area contributed by atoms with Gasteiger partial charge in [-0.2, -0.15) is 5.10 Å². The molecule has 0 saturated carbocycles. The predicted molar refractivity (Wildman–Crippen MR) is 107 cm³/mol. The van der Waals surface area contributed by atoms with Crippen molar-refractivity contribution in [2.75, 3.05) is 0 Å². The van der Waals surface area contributed by atoms with Crippen molar-refractivity contribution in [3.63, 3.8) is 0 Å². The van der Waals surface area contributed by atoms with Crippen LogP contribution in [0.2, 0.25) is 0 Å². The van der Waals surface area contributed by atoms with Crippen LogP contribution in [0.15, 0.2) is 66.4 Å². The Morgan fingerprint density at radius 1 is 1.04 bits per heavy atom. The van der Waals surface area contributed by atoms with Crippen LogP contribution >= 0.6 is 0 Å². The number of carbonyl (C=O) groups excluding carboxylic acids is 1. The lowest BCUT2D eigenvalue weighted by Gasteiger charge is -2.07. The van der Waals surface area contributed by atoms with Gasteiger partial charge in [-0.1, -0.05) is 48.5 Å². The lowest BCUT2D eigenvalue weighted by Crippen LogP contribution is -2.27. The first-order chi connectivity index (χ1) is 13.5. The Balaban J connectivity index is 1.89. The number of carboxylic acid groups (broad SMARTS) is 1. The van der Waals surface area contributed by atoms with E-state index in [1.807, 2.05) is 48.9 Å². The Morgan fingerprint density at radius 2 is 1.64 bits per heavy atom. The molecule has 1 amide bonds. The summed E-state index contributed by atoms with van der Waals surface area (Å²) in [6, 6.07) is 18.4. The van der Waals surface area contributed by atoms with Gasteiger partial charge in [0.1, 0.15) is 5.70 Å². The number of hydrogen-bond donors (Lipinski definition) is 2. The van der Waals surface area contributed by atoms with Gasteiger partial charge in [-0.3, -0.25) is 9.48 Å². The minimum Gasteiger partial charge on any atom is -0.477 e. The number of aliphatic carboxylic acids is 1. The fourth-order valence-electron chi connectivity index (χ4n) is 2.91. The number of carboxylic acids is 1. The van der Waals surface area contributed by atoms with E-state index in [2.05, 4.69) is 10.4 Å². The van der Waals surface area contributed by atoms with Gasteiger partial charge >= 0.3 is 5.97 Å². The Bertz CT molecular complexity index is 1020. The normalized spacial score (nSPS) is 11.3. The number of nitrogens with one attached hydrogen (secondary N) is 1. The largest absolute Gasteiger partial charge is 0.477 e. The fourth-order valence-corrected chi connectivity index (χ4v) is 2.91. The number of rotatable bonds is 6. The summed E-state index contributed by atoms with van der Waals surface area (Å²) < 4.78 is 1.83. The molecule has 2 N–H and O–H groups in total. The van der Waals surface area contributed by atoms with E-state index in [4.69, 9.17) is 0 Å². The molecule has 2 aromatic carbocycles. The average molecular weight is 375 g/mol. The Labute approximate surface area is 163 Å². The molecule has 0 aliphatic rings. The molecule has 1 aromatic heterocycles. The molecule has 142 valence electrons. The highest BCUT2D eigenvalue weighted by Gasteiger charge is 2.17. The Hall–Kier alpha value is -3.67. The van der Waals surface area contributed by atoms with E-state index in [-0.39, 0.29) is 5.70 Å². The van der Waals surface area contributed by atoms with Crippen molar-refractivity contribution in [2.45, 2.75) is 20.4 Å². The van der Waals surface area contributed by atoms with Gasteiger partial charge in [0.05, 0.1) is 12.2 Å². The standard InChI is InChI=1S/C22H21N3O3/c1-15-19(16(2)25(24-15)14-17-9-5-3-6-10-17)13-20(22(27)28)23-21(26)18-11-7-4-8-12-18/h3-13H,14H2,1-2H3,(H,23,26)(H,27,28)/b20-13+. The van der Waals surface area contributed by atoms with Gasteiger partial charge in [0.15, 0.2) is 0 Å². The van der Waals surface area contributed by atoms with Crippen molar-refractivity contribution < 1.29 is 14.7 Å². The van der Waals surface area contributed by atoms with E-state index in [1.165, 1.54) is 6.08 Å². The van der Waals surface area contributed by atoms with Crippen LogP contribution in [0.3, 0.4) is 0 Å². The van der Waals surface area contributed by atoms with Crippen molar-refractivity contribution in [1.29, 1.82) is 0 Å². The maximum absolute atomic E-state index is 12.3. The molecule has 3 aromatic rings. The summed E-state index contributed by atoms with van der Waals surface area (Å²) >= 11 is 0. The molecule has 0 aliphatic carbocycles. The minimum absolute atomic E-state index is 0.195. The number of nitrogens with zero attached hydrogens (tertiary/aromatic N) is 2. The number of hydrogen-bond acceptors (Lipinski definition) is 3. The molecule has 0 aliphatic heterocycles. The summed E-state index contributed by atoms with van der Waals surface area (Å²) in [5.74, 6) is -1.68. The second-order valence-corrected chi connectivity index (χ2v) is 6.41. The molecule has 0 radical (unpaired) electrons. The maximum atomic E-state index is 12.3. The highest BCUT2D eigenvalue weighted by atomic mass is 16.4. The fraction of sp³-hybridized carbons (Fsp3) is 0.136. The van der Waals surface area contributed by atoms with Crippen LogP contribution in [0.25, 0.3) is 6.08 Å². The molecule has 6 heteroatoms. The lowest BCUT2D eigenvalue weighted by molar-refractivity contribution is -0.132. The molecule has 0 fully saturated rings. The zero-order valence-electron chi connectivity index (χ0n) is 15.7. The van der Waals surface area contributed by atoms with Crippen LogP contribution in [-0.2, 0) is 11.3 Å². The summed E-state index contributed by atoms with van der Waals surface area (Å²) in [6.45, 7) is 4.28. The van der Waals surface area contributed by atoms with Crippen LogP contribution in [0.1, 0.15) is 32.9 Å². The third-order valence-electron chi connectivity index (χ3n) is 4.42. The average Bonchev–Trinajstić information content (AvgIpc) is 2.96. The van der Waals surface area contributed by atoms with E-state index < -0.39 is 11.9 Å². The molecule has 28 heavy (non-hydrogen) atoms. The molecule has 0 bridgehead atoms. The maximum Gasteiger partial charge on any atom is 0.352 e. The quantitative estimate of drug-likeness (QED) is 0.647. The van der Waals surface area contributed by atoms with Crippen LogP contribution in [-0.4, -0.2) is 26.8 Å². The van der Waals surface area contributed by atoms with E-state index in [1.54, 1.807) is 30.3 Å². The van der Waals surface area contributed by atoms with Crippen molar-refractivity contribution in [1.82, 2.24) is 15.1 Å². The first kappa shape index (κ1) is 19.1. The molecule has 0 spiro atoms. The predicted octanol–water partition coefficient (Wildman–Crippen LogP) is 3.40. The van der Waals surface area contributed by atoms with Crippen LogP contribution < -0.4 is 5.32 Å². The molecule has 0 saturated heterocycles. The number of aryl methyl sites for hydroxylation is 1. The number of benzene rings is 2. The van der Waals surface area contributed by atoms with Gasteiger partial charge in [0, 0.05) is 16.8 Å². The van der Waals surface area contributed by atoms with Crippen molar-refractivity contribution >= 4 is 18.0 Å². The van der Waals surface area contributed by atoms with E-state index in [0.717, 1.165) is 11.3 Å². The number of aromatic nitrogens is 2. The molecule has 0 atom stereocenters. The van der Waals surface area contributed by atoms with Gasteiger partial charge in [-0.15, -0.1) is 0 Å². The highest BCUT2D eigenvalue weighted by Crippen LogP contribution is 2.18. The van der Waals surface area contributed by atoms with Crippen LogP contribution in [0.4, 0.5) is 0 Å². The Kier molecular flexibility index (Phi) is 5.69. The first-order valence-corrected chi connectivity index (χ1v) is 8.85. The van der Waals surface area contributed by atoms with Gasteiger partial charge in [-0.05, 0) is 37.6 Å². The van der Waals surface area contributed by atoms with Crippen molar-refractivity contribution in [3.05, 3.63) is 94.4 Å². The molecule has 3 rings (SSSR count). The summed E-state index contributed by atoms with van der Waals surface area (Å²) in [4.78, 5) is 24.0. The summed E-state index contributed by atoms with van der Waals surface area (Å²) in [6.07, 6.45) is 1.46. The second-order valence-electron chi connectivity index (χ2n) is 6.41. The molecule has 6 nitrogen and oxygen atoms in total. The molecule has 0 unspecified atom stereocenters. The van der Waals surface area contributed by atoms with Crippen LogP contribution in [0.5, 0.6) is 0 Å². The third kappa shape index (κ3) is 4.35. The SMILES string of the molecule is Cc1nn(Cc2ccccc2)c(C)c1/C=C(/NC(=O)c1ccccc1)C(=O)O. The molecule has 1 heterocycles. The summed E-state index contributed by atoms with van der Waals surface area (Å²) in [5, 5.41) is 16.5. The van der Waals surface area contributed by atoms with Gasteiger partial charge in [0.2, 0.25) is 0 Å².